The number of hydrogen-bond acceptors (Lipinski definition) is 2. The molecule has 0 N–H and O–H groups in total. The van der Waals surface area contributed by atoms with Gasteiger partial charge in [-0.2, -0.15) is 0 Å². The molecule has 0 aromatic carbocycles. The molecule has 1 heterocycles. The molecule has 1 aliphatic heterocycles. The third kappa shape index (κ3) is 1.45. The second-order valence-electron chi connectivity index (χ2n) is 2.30. The highest BCUT2D eigenvalue weighted by Crippen LogP contribution is 2.30. The molecular weight excluding hydrogens is 116 g/mol. The highest BCUT2D eigenvalue weighted by molar-refractivity contribution is 4.90. The Balaban J connectivity index is 2.17. The molecule has 0 bridgehead atoms. The van der Waals surface area contributed by atoms with Gasteiger partial charge in [-0.15, -0.1) is 0 Å². The van der Waals surface area contributed by atoms with Crippen LogP contribution in [0.4, 0.5) is 0 Å². The van der Waals surface area contributed by atoms with E-state index in [2.05, 4.69) is 13.5 Å². The van der Waals surface area contributed by atoms with Crippen LogP contribution in [0, 0.1) is 0 Å². The lowest BCUT2D eigenvalue weighted by Gasteiger charge is -2.06. The van der Waals surface area contributed by atoms with Crippen molar-refractivity contribution in [3.05, 3.63) is 12.8 Å². The van der Waals surface area contributed by atoms with Crippen LogP contribution in [0.3, 0.4) is 0 Å². The molecule has 0 saturated carbocycles. The van der Waals surface area contributed by atoms with Gasteiger partial charge in [0.15, 0.2) is 0 Å². The van der Waals surface area contributed by atoms with Gasteiger partial charge in [0.1, 0.15) is 12.2 Å². The zero-order chi connectivity index (χ0) is 6.74. The summed E-state index contributed by atoms with van der Waals surface area (Å²) in [6, 6.07) is 0. The van der Waals surface area contributed by atoms with E-state index in [0.717, 1.165) is 13.0 Å². The molecule has 2 nitrogen and oxygen atoms in total. The molecule has 0 radical (unpaired) electrons. The Morgan fingerprint density at radius 1 is 1.89 bits per heavy atom. The number of epoxide rings is 1. The average molecular weight is 128 g/mol. The molecule has 0 aromatic rings. The quantitative estimate of drug-likeness (QED) is 0.421. The molecule has 9 heavy (non-hydrogen) atoms. The van der Waals surface area contributed by atoms with Gasteiger partial charge in [0.05, 0.1) is 12.9 Å². The first-order valence-corrected chi connectivity index (χ1v) is 3.19. The summed E-state index contributed by atoms with van der Waals surface area (Å²) in [5.74, 6) is 0. The molecule has 0 amide bonds. The molecule has 1 atom stereocenters. The predicted molar refractivity (Wildman–Crippen MR) is 35.1 cm³/mol. The van der Waals surface area contributed by atoms with E-state index in [4.69, 9.17) is 9.47 Å². The van der Waals surface area contributed by atoms with Crippen LogP contribution >= 0.6 is 0 Å². The number of rotatable bonds is 4. The van der Waals surface area contributed by atoms with Gasteiger partial charge in [-0.25, -0.2) is 0 Å². The fourth-order valence-corrected chi connectivity index (χ4v) is 0.702. The third-order valence-electron chi connectivity index (χ3n) is 1.66. The summed E-state index contributed by atoms with van der Waals surface area (Å²) in [7, 11) is 0. The highest BCUT2D eigenvalue weighted by Gasteiger charge is 2.43. The Kier molecular flexibility index (Phi) is 1.76. The van der Waals surface area contributed by atoms with Gasteiger partial charge in [0, 0.05) is 0 Å². The fourth-order valence-electron chi connectivity index (χ4n) is 0.702. The Bertz CT molecular complexity index is 105. The van der Waals surface area contributed by atoms with Crippen molar-refractivity contribution in [2.45, 2.75) is 18.9 Å². The molecule has 1 unspecified atom stereocenters. The SMILES string of the molecule is C=COCC1(CC)CO1. The first kappa shape index (κ1) is 6.62. The Morgan fingerprint density at radius 2 is 2.56 bits per heavy atom. The summed E-state index contributed by atoms with van der Waals surface area (Å²) in [4.78, 5) is 0. The monoisotopic (exact) mass is 128 g/mol. The van der Waals surface area contributed by atoms with Crippen molar-refractivity contribution >= 4 is 0 Å². The lowest BCUT2D eigenvalue weighted by atomic mass is 10.1. The minimum Gasteiger partial charge on any atom is -0.499 e. The van der Waals surface area contributed by atoms with Gasteiger partial charge >= 0.3 is 0 Å². The van der Waals surface area contributed by atoms with Gasteiger partial charge in [-0.1, -0.05) is 13.5 Å². The van der Waals surface area contributed by atoms with E-state index in [9.17, 15) is 0 Å². The van der Waals surface area contributed by atoms with Crippen LogP contribution in [0.5, 0.6) is 0 Å². The molecule has 0 aromatic heterocycles. The van der Waals surface area contributed by atoms with Crippen LogP contribution in [0.1, 0.15) is 13.3 Å². The van der Waals surface area contributed by atoms with Crippen molar-refractivity contribution in [1.29, 1.82) is 0 Å². The molecule has 1 rings (SSSR count). The van der Waals surface area contributed by atoms with Crippen LogP contribution in [0.25, 0.3) is 0 Å². The van der Waals surface area contributed by atoms with Crippen molar-refractivity contribution in [2.75, 3.05) is 13.2 Å². The van der Waals surface area contributed by atoms with E-state index in [1.165, 1.54) is 6.26 Å². The molecule has 1 aliphatic rings. The van der Waals surface area contributed by atoms with E-state index in [-0.39, 0.29) is 5.60 Å². The van der Waals surface area contributed by atoms with Crippen LogP contribution in [0.2, 0.25) is 0 Å². The maximum atomic E-state index is 5.17. The van der Waals surface area contributed by atoms with Crippen LogP contribution in [-0.4, -0.2) is 18.8 Å². The van der Waals surface area contributed by atoms with Crippen LogP contribution < -0.4 is 0 Å². The second-order valence-corrected chi connectivity index (χ2v) is 2.30. The number of ether oxygens (including phenoxy) is 2. The smallest absolute Gasteiger partial charge is 0.125 e. The minimum absolute atomic E-state index is 0.0498. The normalized spacial score (nSPS) is 31.7. The van der Waals surface area contributed by atoms with Crippen molar-refractivity contribution in [2.24, 2.45) is 0 Å². The topological polar surface area (TPSA) is 21.8 Å². The molecular formula is C7H12O2. The average Bonchev–Trinajstić information content (AvgIpc) is 2.65. The summed E-state index contributed by atoms with van der Waals surface area (Å²) < 4.78 is 10.2. The summed E-state index contributed by atoms with van der Waals surface area (Å²) in [5, 5.41) is 0. The lowest BCUT2D eigenvalue weighted by molar-refractivity contribution is 0.149. The molecule has 1 fully saturated rings. The molecule has 52 valence electrons. The summed E-state index contributed by atoms with van der Waals surface area (Å²) in [5.41, 5.74) is 0.0498. The second kappa shape index (κ2) is 2.40. The minimum atomic E-state index is 0.0498. The first-order chi connectivity index (χ1) is 4.33. The highest BCUT2D eigenvalue weighted by atomic mass is 16.6. The van der Waals surface area contributed by atoms with Gasteiger partial charge in [0.2, 0.25) is 0 Å². The van der Waals surface area contributed by atoms with Gasteiger partial charge < -0.3 is 9.47 Å². The van der Waals surface area contributed by atoms with E-state index >= 15 is 0 Å². The van der Waals surface area contributed by atoms with Gasteiger partial charge in [-0.3, -0.25) is 0 Å². The zero-order valence-corrected chi connectivity index (χ0v) is 5.72. The van der Waals surface area contributed by atoms with Gasteiger partial charge in [-0.05, 0) is 6.42 Å². The van der Waals surface area contributed by atoms with Gasteiger partial charge in [0.25, 0.3) is 0 Å². The van der Waals surface area contributed by atoms with Crippen molar-refractivity contribution < 1.29 is 9.47 Å². The molecule has 0 spiro atoms. The Hall–Kier alpha value is -0.500. The van der Waals surface area contributed by atoms with Crippen LogP contribution in [0.15, 0.2) is 12.8 Å². The summed E-state index contributed by atoms with van der Waals surface area (Å²) in [6.45, 7) is 7.05. The fraction of sp³-hybridized carbons (Fsp3) is 0.714. The summed E-state index contributed by atoms with van der Waals surface area (Å²) >= 11 is 0. The van der Waals surface area contributed by atoms with E-state index in [0.29, 0.717) is 6.61 Å². The molecule has 1 saturated heterocycles. The maximum Gasteiger partial charge on any atom is 0.125 e. The summed E-state index contributed by atoms with van der Waals surface area (Å²) in [6.07, 6.45) is 2.49. The van der Waals surface area contributed by atoms with Crippen molar-refractivity contribution in [3.63, 3.8) is 0 Å². The largest absolute Gasteiger partial charge is 0.499 e. The Labute approximate surface area is 55.5 Å². The van der Waals surface area contributed by atoms with E-state index < -0.39 is 0 Å². The molecule has 0 aliphatic carbocycles. The molecule has 2 heteroatoms. The van der Waals surface area contributed by atoms with E-state index in [1.807, 2.05) is 0 Å². The Morgan fingerprint density at radius 3 is 2.89 bits per heavy atom. The zero-order valence-electron chi connectivity index (χ0n) is 5.72. The third-order valence-corrected chi connectivity index (χ3v) is 1.66. The predicted octanol–water partition coefficient (Wildman–Crippen LogP) is 1.33. The number of hydrogen-bond donors (Lipinski definition) is 0. The van der Waals surface area contributed by atoms with Crippen LogP contribution in [-0.2, 0) is 9.47 Å². The standard InChI is InChI=1S/C7H12O2/c1-3-7(6-9-7)5-8-4-2/h4H,2-3,5-6H2,1H3. The van der Waals surface area contributed by atoms with Crippen molar-refractivity contribution in [1.82, 2.24) is 0 Å². The maximum absolute atomic E-state index is 5.17. The first-order valence-electron chi connectivity index (χ1n) is 3.19. The lowest BCUT2D eigenvalue weighted by Crippen LogP contribution is -2.15. The van der Waals surface area contributed by atoms with Crippen molar-refractivity contribution in [3.8, 4) is 0 Å². The van der Waals surface area contributed by atoms with E-state index in [1.54, 1.807) is 0 Å².